The van der Waals surface area contributed by atoms with Gasteiger partial charge in [-0.25, -0.2) is 0 Å². The lowest BCUT2D eigenvalue weighted by Gasteiger charge is -2.14. The van der Waals surface area contributed by atoms with Gasteiger partial charge in [0.05, 0.1) is 6.10 Å². The molecule has 0 saturated carbocycles. The van der Waals surface area contributed by atoms with Crippen LogP contribution in [0.3, 0.4) is 0 Å². The van der Waals surface area contributed by atoms with Crippen molar-refractivity contribution in [2.75, 3.05) is 6.61 Å². The molecule has 1 aliphatic rings. The summed E-state index contributed by atoms with van der Waals surface area (Å²) in [5, 5.41) is 0. The Morgan fingerprint density at radius 2 is 1.61 bits per heavy atom. The fraction of sp³-hybridized carbons (Fsp3) is 1.00. The molecular weight excluding hydrogens is 224 g/mol. The smallest absolute Gasteiger partial charge is 0.158 e. The van der Waals surface area contributed by atoms with Gasteiger partial charge in [0.15, 0.2) is 6.29 Å². The molecule has 108 valence electrons. The lowest BCUT2D eigenvalue weighted by molar-refractivity contribution is -0.135. The third-order valence-corrected chi connectivity index (χ3v) is 3.75. The minimum absolute atomic E-state index is 0.0998. The van der Waals surface area contributed by atoms with E-state index in [0.717, 1.165) is 13.0 Å². The molecule has 2 nitrogen and oxygen atoms in total. The zero-order valence-electron chi connectivity index (χ0n) is 12.5. The molecule has 1 rings (SSSR count). The summed E-state index contributed by atoms with van der Waals surface area (Å²) < 4.78 is 11.7. The van der Waals surface area contributed by atoms with Crippen molar-refractivity contribution >= 4 is 0 Å². The summed E-state index contributed by atoms with van der Waals surface area (Å²) in [4.78, 5) is 0. The van der Waals surface area contributed by atoms with Gasteiger partial charge in [0.25, 0.3) is 0 Å². The maximum atomic E-state index is 5.93. The predicted octanol–water partition coefficient (Wildman–Crippen LogP) is 5.06. The van der Waals surface area contributed by atoms with Crippen LogP contribution in [0.5, 0.6) is 0 Å². The molecule has 18 heavy (non-hydrogen) atoms. The van der Waals surface area contributed by atoms with Crippen molar-refractivity contribution in [3.63, 3.8) is 0 Å². The van der Waals surface area contributed by atoms with Crippen LogP contribution in [0.2, 0.25) is 0 Å². The Labute approximate surface area is 113 Å². The van der Waals surface area contributed by atoms with Crippen LogP contribution in [-0.2, 0) is 9.47 Å². The average molecular weight is 256 g/mol. The summed E-state index contributed by atoms with van der Waals surface area (Å²) in [7, 11) is 0. The Bertz CT molecular complexity index is 182. The number of hydrogen-bond donors (Lipinski definition) is 0. The first kappa shape index (κ1) is 16.0. The Morgan fingerprint density at radius 1 is 0.889 bits per heavy atom. The van der Waals surface area contributed by atoms with Crippen molar-refractivity contribution in [2.24, 2.45) is 0 Å². The summed E-state index contributed by atoms with van der Waals surface area (Å²) in [6, 6.07) is 0. The maximum Gasteiger partial charge on any atom is 0.158 e. The molecule has 0 radical (unpaired) electrons. The lowest BCUT2D eigenvalue weighted by Crippen LogP contribution is -2.15. The van der Waals surface area contributed by atoms with Gasteiger partial charge in [-0.15, -0.1) is 0 Å². The highest BCUT2D eigenvalue weighted by atomic mass is 16.7. The molecule has 1 aliphatic heterocycles. The van der Waals surface area contributed by atoms with Crippen LogP contribution in [0.25, 0.3) is 0 Å². The third kappa shape index (κ3) is 7.38. The zero-order valence-corrected chi connectivity index (χ0v) is 12.5. The summed E-state index contributed by atoms with van der Waals surface area (Å²) in [6.45, 7) is 5.38. The van der Waals surface area contributed by atoms with Crippen molar-refractivity contribution < 1.29 is 9.47 Å². The standard InChI is InChI=1S/C16H32O2/c1-3-5-7-9-11-15-12-13-16(18-15)17-14-10-8-6-4-2/h15-16H,3-14H2,1-2H3. The van der Waals surface area contributed by atoms with E-state index in [0.29, 0.717) is 6.10 Å². The second-order valence-electron chi connectivity index (χ2n) is 5.55. The fourth-order valence-electron chi connectivity index (χ4n) is 2.55. The average Bonchev–Trinajstić information content (AvgIpc) is 2.82. The SMILES string of the molecule is CCCCCCOC1CCC(CCCCCC)O1. The first-order valence-corrected chi connectivity index (χ1v) is 8.13. The molecular formula is C16H32O2. The Morgan fingerprint density at radius 3 is 2.33 bits per heavy atom. The van der Waals surface area contributed by atoms with E-state index in [1.165, 1.54) is 64.2 Å². The van der Waals surface area contributed by atoms with E-state index in [1.807, 2.05) is 0 Å². The van der Waals surface area contributed by atoms with E-state index in [-0.39, 0.29) is 6.29 Å². The largest absolute Gasteiger partial charge is 0.353 e. The van der Waals surface area contributed by atoms with Gasteiger partial charge in [0.1, 0.15) is 0 Å². The summed E-state index contributed by atoms with van der Waals surface area (Å²) in [5.41, 5.74) is 0. The number of hydrogen-bond acceptors (Lipinski definition) is 2. The predicted molar refractivity (Wildman–Crippen MR) is 76.7 cm³/mol. The Balaban J connectivity index is 1.92. The Kier molecular flexibility index (Phi) is 9.59. The second-order valence-corrected chi connectivity index (χ2v) is 5.55. The van der Waals surface area contributed by atoms with E-state index in [4.69, 9.17) is 9.47 Å². The Hall–Kier alpha value is -0.0800. The summed E-state index contributed by atoms with van der Waals surface area (Å²) in [5.74, 6) is 0. The molecule has 1 heterocycles. The van der Waals surface area contributed by atoms with Crippen molar-refractivity contribution in [1.82, 2.24) is 0 Å². The maximum absolute atomic E-state index is 5.93. The van der Waals surface area contributed by atoms with E-state index >= 15 is 0 Å². The van der Waals surface area contributed by atoms with Crippen LogP contribution in [0, 0.1) is 0 Å². The van der Waals surface area contributed by atoms with E-state index in [2.05, 4.69) is 13.8 Å². The molecule has 0 aromatic rings. The van der Waals surface area contributed by atoms with E-state index < -0.39 is 0 Å². The molecule has 0 spiro atoms. The third-order valence-electron chi connectivity index (χ3n) is 3.75. The van der Waals surface area contributed by atoms with Gasteiger partial charge in [-0.2, -0.15) is 0 Å². The molecule has 0 bridgehead atoms. The topological polar surface area (TPSA) is 18.5 Å². The van der Waals surface area contributed by atoms with Crippen LogP contribution >= 0.6 is 0 Å². The molecule has 0 aliphatic carbocycles. The molecule has 2 heteroatoms. The van der Waals surface area contributed by atoms with Crippen LogP contribution in [0.1, 0.15) is 84.5 Å². The van der Waals surface area contributed by atoms with E-state index in [1.54, 1.807) is 0 Å². The summed E-state index contributed by atoms with van der Waals surface area (Å²) in [6.07, 6.45) is 14.6. The number of unbranched alkanes of at least 4 members (excludes halogenated alkanes) is 6. The first-order chi connectivity index (χ1) is 8.86. The van der Waals surface area contributed by atoms with Gasteiger partial charge < -0.3 is 9.47 Å². The van der Waals surface area contributed by atoms with Crippen LogP contribution < -0.4 is 0 Å². The molecule has 0 N–H and O–H groups in total. The number of rotatable bonds is 11. The monoisotopic (exact) mass is 256 g/mol. The molecule has 2 atom stereocenters. The van der Waals surface area contributed by atoms with Gasteiger partial charge in [0, 0.05) is 13.0 Å². The fourth-order valence-corrected chi connectivity index (χ4v) is 2.55. The van der Waals surface area contributed by atoms with Crippen LogP contribution in [-0.4, -0.2) is 19.0 Å². The quantitative estimate of drug-likeness (QED) is 0.481. The first-order valence-electron chi connectivity index (χ1n) is 8.13. The van der Waals surface area contributed by atoms with Gasteiger partial charge >= 0.3 is 0 Å². The molecule has 0 aromatic heterocycles. The molecule has 2 unspecified atom stereocenters. The van der Waals surface area contributed by atoms with Crippen molar-refractivity contribution in [2.45, 2.75) is 96.9 Å². The van der Waals surface area contributed by atoms with Crippen molar-refractivity contribution in [3.8, 4) is 0 Å². The molecule has 1 saturated heterocycles. The minimum Gasteiger partial charge on any atom is -0.353 e. The normalized spacial score (nSPS) is 23.7. The second kappa shape index (κ2) is 10.8. The molecule has 1 fully saturated rings. The van der Waals surface area contributed by atoms with Crippen molar-refractivity contribution in [3.05, 3.63) is 0 Å². The molecule has 0 aromatic carbocycles. The number of ether oxygens (including phenoxy) is 2. The van der Waals surface area contributed by atoms with E-state index in [9.17, 15) is 0 Å². The van der Waals surface area contributed by atoms with Crippen LogP contribution in [0.4, 0.5) is 0 Å². The van der Waals surface area contributed by atoms with Gasteiger partial charge in [-0.05, 0) is 19.3 Å². The highest BCUT2D eigenvalue weighted by Gasteiger charge is 2.24. The highest BCUT2D eigenvalue weighted by molar-refractivity contribution is 4.68. The highest BCUT2D eigenvalue weighted by Crippen LogP contribution is 2.25. The lowest BCUT2D eigenvalue weighted by atomic mass is 10.1. The van der Waals surface area contributed by atoms with Crippen molar-refractivity contribution in [1.29, 1.82) is 0 Å². The van der Waals surface area contributed by atoms with Crippen LogP contribution in [0.15, 0.2) is 0 Å². The van der Waals surface area contributed by atoms with Gasteiger partial charge in [-0.1, -0.05) is 58.8 Å². The zero-order chi connectivity index (χ0) is 13.1. The minimum atomic E-state index is 0.0998. The van der Waals surface area contributed by atoms with Gasteiger partial charge in [0.2, 0.25) is 0 Å². The molecule has 0 amide bonds. The van der Waals surface area contributed by atoms with Gasteiger partial charge in [-0.3, -0.25) is 0 Å². The summed E-state index contributed by atoms with van der Waals surface area (Å²) >= 11 is 0.